The molecule has 1 aliphatic heterocycles. The van der Waals surface area contributed by atoms with Crippen molar-refractivity contribution in [3.05, 3.63) is 59.7 Å². The van der Waals surface area contributed by atoms with Crippen LogP contribution < -0.4 is 9.47 Å². The number of carbonyl (C=O) groups is 2. The number of methoxy groups -OCH3 is 2. The van der Waals surface area contributed by atoms with E-state index in [1.165, 1.54) is 0 Å². The number of benzene rings is 2. The molecule has 1 saturated heterocycles. The maximum Gasteiger partial charge on any atom is 0.227 e. The van der Waals surface area contributed by atoms with Crippen LogP contribution in [0, 0.1) is 0 Å². The summed E-state index contributed by atoms with van der Waals surface area (Å²) < 4.78 is 10.3. The third-order valence-electron chi connectivity index (χ3n) is 4.99. The molecule has 6 nitrogen and oxygen atoms in total. The Labute approximate surface area is 165 Å². The van der Waals surface area contributed by atoms with Gasteiger partial charge in [-0.15, -0.1) is 0 Å². The molecule has 0 aliphatic carbocycles. The van der Waals surface area contributed by atoms with Crippen molar-refractivity contribution >= 4 is 11.8 Å². The van der Waals surface area contributed by atoms with Gasteiger partial charge in [0.2, 0.25) is 11.8 Å². The number of nitrogens with zero attached hydrogens (tertiary/aromatic N) is 2. The fourth-order valence-corrected chi connectivity index (χ4v) is 3.30. The molecular weight excluding hydrogens is 356 g/mol. The monoisotopic (exact) mass is 382 g/mol. The first-order valence-corrected chi connectivity index (χ1v) is 9.40. The molecule has 2 aromatic carbocycles. The van der Waals surface area contributed by atoms with Crippen LogP contribution in [0.1, 0.15) is 11.1 Å². The molecule has 1 fully saturated rings. The molecule has 2 amide bonds. The van der Waals surface area contributed by atoms with Crippen molar-refractivity contribution in [1.82, 2.24) is 9.80 Å². The maximum absolute atomic E-state index is 12.6. The summed E-state index contributed by atoms with van der Waals surface area (Å²) in [7, 11) is 3.23. The van der Waals surface area contributed by atoms with Gasteiger partial charge in [-0.05, 0) is 35.4 Å². The van der Waals surface area contributed by atoms with Crippen LogP contribution in [0.3, 0.4) is 0 Å². The largest absolute Gasteiger partial charge is 0.497 e. The highest BCUT2D eigenvalue weighted by atomic mass is 16.5. The summed E-state index contributed by atoms with van der Waals surface area (Å²) in [5.74, 6) is 1.69. The molecule has 6 heteroatoms. The Morgan fingerprint density at radius 3 is 1.82 bits per heavy atom. The zero-order valence-electron chi connectivity index (χ0n) is 16.4. The molecule has 0 bridgehead atoms. The van der Waals surface area contributed by atoms with E-state index in [2.05, 4.69) is 0 Å². The lowest BCUT2D eigenvalue weighted by Crippen LogP contribution is -2.51. The van der Waals surface area contributed by atoms with Crippen molar-refractivity contribution in [2.45, 2.75) is 12.8 Å². The number of piperazine rings is 1. The van der Waals surface area contributed by atoms with E-state index in [9.17, 15) is 9.59 Å². The lowest BCUT2D eigenvalue weighted by Gasteiger charge is -2.35. The topological polar surface area (TPSA) is 59.1 Å². The van der Waals surface area contributed by atoms with Gasteiger partial charge < -0.3 is 19.3 Å². The summed E-state index contributed by atoms with van der Waals surface area (Å²) in [6.07, 6.45) is 0.707. The summed E-state index contributed by atoms with van der Waals surface area (Å²) in [6.45, 7) is 2.27. The van der Waals surface area contributed by atoms with Crippen LogP contribution in [0.15, 0.2) is 48.5 Å². The van der Waals surface area contributed by atoms with Crippen LogP contribution in [0.25, 0.3) is 0 Å². The number of hydrogen-bond donors (Lipinski definition) is 0. The first kappa shape index (κ1) is 19.7. The van der Waals surface area contributed by atoms with Gasteiger partial charge in [0.25, 0.3) is 0 Å². The molecule has 0 unspecified atom stereocenters. The molecule has 0 aromatic heterocycles. The highest BCUT2D eigenvalue weighted by Crippen LogP contribution is 2.15. The fourth-order valence-electron chi connectivity index (χ4n) is 3.30. The number of rotatable bonds is 6. The lowest BCUT2D eigenvalue weighted by atomic mass is 10.1. The summed E-state index contributed by atoms with van der Waals surface area (Å²) in [6, 6.07) is 15.1. The zero-order chi connectivity index (χ0) is 19.9. The Kier molecular flexibility index (Phi) is 6.53. The minimum absolute atomic E-state index is 0.0792. The van der Waals surface area contributed by atoms with Crippen molar-refractivity contribution in [2.24, 2.45) is 0 Å². The number of amides is 2. The molecule has 1 aliphatic rings. The highest BCUT2D eigenvalue weighted by molar-refractivity contribution is 5.81. The van der Waals surface area contributed by atoms with Gasteiger partial charge in [-0.25, -0.2) is 0 Å². The Hall–Kier alpha value is -3.02. The predicted molar refractivity (Wildman–Crippen MR) is 107 cm³/mol. The highest BCUT2D eigenvalue weighted by Gasteiger charge is 2.24. The van der Waals surface area contributed by atoms with Crippen LogP contribution in [-0.4, -0.2) is 62.0 Å². The third kappa shape index (κ3) is 5.03. The molecule has 3 rings (SSSR count). The summed E-state index contributed by atoms with van der Waals surface area (Å²) in [5.41, 5.74) is 1.89. The van der Waals surface area contributed by atoms with Crippen LogP contribution >= 0.6 is 0 Å². The molecule has 0 atom stereocenters. The van der Waals surface area contributed by atoms with Crippen molar-refractivity contribution in [3.63, 3.8) is 0 Å². The Balaban J connectivity index is 1.48. The molecular formula is C22H26N2O4. The van der Waals surface area contributed by atoms with Crippen molar-refractivity contribution < 1.29 is 19.1 Å². The number of carbonyl (C=O) groups excluding carboxylic acids is 2. The van der Waals surface area contributed by atoms with Gasteiger partial charge in [0.15, 0.2) is 0 Å². The number of hydrogen-bond acceptors (Lipinski definition) is 4. The van der Waals surface area contributed by atoms with E-state index in [0.717, 1.165) is 22.6 Å². The van der Waals surface area contributed by atoms with Gasteiger partial charge in [0.05, 0.1) is 27.1 Å². The van der Waals surface area contributed by atoms with E-state index in [0.29, 0.717) is 39.0 Å². The Morgan fingerprint density at radius 2 is 1.29 bits per heavy atom. The molecule has 1 heterocycles. The molecule has 0 spiro atoms. The second kappa shape index (κ2) is 9.26. The molecule has 28 heavy (non-hydrogen) atoms. The van der Waals surface area contributed by atoms with E-state index in [4.69, 9.17) is 9.47 Å². The smallest absolute Gasteiger partial charge is 0.227 e. The van der Waals surface area contributed by atoms with Gasteiger partial charge in [-0.2, -0.15) is 0 Å². The van der Waals surface area contributed by atoms with Crippen LogP contribution in [0.2, 0.25) is 0 Å². The summed E-state index contributed by atoms with van der Waals surface area (Å²) >= 11 is 0. The SMILES string of the molecule is COc1ccc(CC(=O)N2CCN(C(=O)Cc3cccc(OC)c3)CC2)cc1. The average Bonchev–Trinajstić information content (AvgIpc) is 2.74. The van der Waals surface area contributed by atoms with Gasteiger partial charge >= 0.3 is 0 Å². The third-order valence-corrected chi connectivity index (χ3v) is 4.99. The van der Waals surface area contributed by atoms with Crippen LogP contribution in [-0.2, 0) is 22.4 Å². The van der Waals surface area contributed by atoms with Crippen molar-refractivity contribution in [3.8, 4) is 11.5 Å². The second-order valence-corrected chi connectivity index (χ2v) is 6.81. The fraction of sp³-hybridized carbons (Fsp3) is 0.364. The quantitative estimate of drug-likeness (QED) is 0.768. The minimum atomic E-state index is 0.0792. The number of ether oxygens (including phenoxy) is 2. The molecule has 0 radical (unpaired) electrons. The second-order valence-electron chi connectivity index (χ2n) is 6.81. The average molecular weight is 382 g/mol. The van der Waals surface area contributed by atoms with E-state index in [1.54, 1.807) is 14.2 Å². The standard InChI is InChI=1S/C22H26N2O4/c1-27-19-8-6-17(7-9-19)15-21(25)23-10-12-24(13-11-23)22(26)16-18-4-3-5-20(14-18)28-2/h3-9,14H,10-13,15-16H2,1-2H3. The maximum atomic E-state index is 12.6. The lowest BCUT2D eigenvalue weighted by molar-refractivity contribution is -0.138. The summed E-state index contributed by atoms with van der Waals surface area (Å²) in [5, 5.41) is 0. The van der Waals surface area contributed by atoms with E-state index in [-0.39, 0.29) is 11.8 Å². The van der Waals surface area contributed by atoms with E-state index >= 15 is 0 Å². The Bertz CT molecular complexity index is 812. The van der Waals surface area contributed by atoms with Crippen molar-refractivity contribution in [2.75, 3.05) is 40.4 Å². The predicted octanol–water partition coefficient (Wildman–Crippen LogP) is 2.16. The Morgan fingerprint density at radius 1 is 0.750 bits per heavy atom. The zero-order valence-corrected chi connectivity index (χ0v) is 16.4. The van der Waals surface area contributed by atoms with E-state index in [1.807, 2.05) is 58.3 Å². The molecule has 0 saturated carbocycles. The minimum Gasteiger partial charge on any atom is -0.497 e. The normalized spacial score (nSPS) is 13.9. The van der Waals surface area contributed by atoms with Crippen molar-refractivity contribution in [1.29, 1.82) is 0 Å². The van der Waals surface area contributed by atoms with Crippen LogP contribution in [0.5, 0.6) is 11.5 Å². The first-order chi connectivity index (χ1) is 13.6. The summed E-state index contributed by atoms with van der Waals surface area (Å²) in [4.78, 5) is 28.8. The van der Waals surface area contributed by atoms with E-state index < -0.39 is 0 Å². The molecule has 0 N–H and O–H groups in total. The van der Waals surface area contributed by atoms with Crippen LogP contribution in [0.4, 0.5) is 0 Å². The van der Waals surface area contributed by atoms with Gasteiger partial charge in [-0.1, -0.05) is 24.3 Å². The van der Waals surface area contributed by atoms with Gasteiger partial charge in [0.1, 0.15) is 11.5 Å². The first-order valence-electron chi connectivity index (χ1n) is 9.40. The van der Waals surface area contributed by atoms with Gasteiger partial charge in [-0.3, -0.25) is 9.59 Å². The molecule has 2 aromatic rings. The molecule has 148 valence electrons. The van der Waals surface area contributed by atoms with Gasteiger partial charge in [0, 0.05) is 26.2 Å².